The molecule has 0 spiro atoms. The minimum absolute atomic E-state index is 0. The van der Waals surface area contributed by atoms with E-state index in [2.05, 4.69) is 6.58 Å². The third-order valence-electron chi connectivity index (χ3n) is 2.61. The van der Waals surface area contributed by atoms with Crippen molar-refractivity contribution in [2.45, 2.75) is 11.3 Å². The molecule has 0 amide bonds. The number of ether oxygens (including phenoxy) is 2. The molecule has 8 heteroatoms. The van der Waals surface area contributed by atoms with Gasteiger partial charge in [0.05, 0.1) is 13.2 Å². The SMILES string of the molecule is C=C(CSc1ccc2c(c1)OCCCO2)[B-](F)(F)F.[K+]. The van der Waals surface area contributed by atoms with Gasteiger partial charge in [0.2, 0.25) is 0 Å². The van der Waals surface area contributed by atoms with Crippen molar-refractivity contribution in [3.63, 3.8) is 0 Å². The molecule has 0 fully saturated rings. The molecule has 0 atom stereocenters. The molecule has 1 aromatic carbocycles. The molecule has 104 valence electrons. The summed E-state index contributed by atoms with van der Waals surface area (Å²) in [5.41, 5.74) is -0.683. The van der Waals surface area contributed by atoms with E-state index in [1.807, 2.05) is 0 Å². The zero-order chi connectivity index (χ0) is 13.9. The Morgan fingerprint density at radius 1 is 1.20 bits per heavy atom. The Morgan fingerprint density at radius 2 is 1.85 bits per heavy atom. The largest absolute Gasteiger partial charge is 1.00 e. The van der Waals surface area contributed by atoms with Crippen molar-refractivity contribution in [2.75, 3.05) is 19.0 Å². The third-order valence-corrected chi connectivity index (χ3v) is 3.71. The maximum absolute atomic E-state index is 12.4. The van der Waals surface area contributed by atoms with Crippen molar-refractivity contribution in [3.8, 4) is 11.5 Å². The second-order valence-electron chi connectivity index (χ2n) is 4.18. The number of halogens is 3. The second-order valence-corrected chi connectivity index (χ2v) is 5.23. The summed E-state index contributed by atoms with van der Waals surface area (Å²) < 4.78 is 48.1. The predicted octanol–water partition coefficient (Wildman–Crippen LogP) is 0.887. The summed E-state index contributed by atoms with van der Waals surface area (Å²) in [4.78, 5) is 0.713. The Bertz CT molecular complexity index is 482. The average Bonchev–Trinajstić information content (AvgIpc) is 2.59. The van der Waals surface area contributed by atoms with Gasteiger partial charge in [0.15, 0.2) is 11.5 Å². The number of thioether (sulfide) groups is 1. The van der Waals surface area contributed by atoms with Crippen LogP contribution in [0.15, 0.2) is 35.1 Å². The maximum atomic E-state index is 12.4. The van der Waals surface area contributed by atoms with Gasteiger partial charge in [-0.2, -0.15) is 0 Å². The van der Waals surface area contributed by atoms with Crippen LogP contribution < -0.4 is 60.9 Å². The van der Waals surface area contributed by atoms with Crippen molar-refractivity contribution in [1.82, 2.24) is 0 Å². The molecule has 20 heavy (non-hydrogen) atoms. The summed E-state index contributed by atoms with van der Waals surface area (Å²) in [6.07, 6.45) is 0.796. The molecule has 2 nitrogen and oxygen atoms in total. The van der Waals surface area contributed by atoms with Crippen molar-refractivity contribution < 1.29 is 73.8 Å². The van der Waals surface area contributed by atoms with E-state index < -0.39 is 12.4 Å². The first-order valence-electron chi connectivity index (χ1n) is 5.87. The molecular formula is C12H13BF3KO2S. The molecule has 0 bridgehead atoms. The monoisotopic (exact) mass is 328 g/mol. The molecule has 2 rings (SSSR count). The van der Waals surface area contributed by atoms with Gasteiger partial charge >= 0.3 is 58.4 Å². The fourth-order valence-corrected chi connectivity index (χ4v) is 2.40. The van der Waals surface area contributed by atoms with E-state index in [1.165, 1.54) is 0 Å². The van der Waals surface area contributed by atoms with Crippen LogP contribution in [0.4, 0.5) is 12.9 Å². The van der Waals surface area contributed by atoms with Gasteiger partial charge in [-0.3, -0.25) is 0 Å². The third kappa shape index (κ3) is 5.31. The fourth-order valence-electron chi connectivity index (χ4n) is 1.50. The molecule has 1 aliphatic rings. The summed E-state index contributed by atoms with van der Waals surface area (Å²) >= 11 is 1.10. The minimum atomic E-state index is -4.96. The van der Waals surface area contributed by atoms with Crippen LogP contribution in [0.2, 0.25) is 0 Å². The maximum Gasteiger partial charge on any atom is 1.00 e. The zero-order valence-corrected chi connectivity index (χ0v) is 15.1. The van der Waals surface area contributed by atoms with Crippen molar-refractivity contribution in [2.24, 2.45) is 0 Å². The van der Waals surface area contributed by atoms with E-state index in [9.17, 15) is 12.9 Å². The van der Waals surface area contributed by atoms with Crippen LogP contribution in [-0.4, -0.2) is 25.9 Å². The first-order chi connectivity index (χ1) is 8.97. The van der Waals surface area contributed by atoms with Crippen LogP contribution in [0.3, 0.4) is 0 Å². The van der Waals surface area contributed by atoms with Crippen LogP contribution in [0.1, 0.15) is 6.42 Å². The fraction of sp³-hybridized carbons (Fsp3) is 0.333. The summed E-state index contributed by atoms with van der Waals surface area (Å²) in [5.74, 6) is 1.06. The van der Waals surface area contributed by atoms with Gasteiger partial charge in [0, 0.05) is 11.3 Å². The summed E-state index contributed by atoms with van der Waals surface area (Å²) in [6, 6.07) is 5.17. The molecule has 0 aromatic heterocycles. The molecule has 0 saturated heterocycles. The molecular weight excluding hydrogens is 315 g/mol. The Morgan fingerprint density at radius 3 is 2.50 bits per heavy atom. The summed E-state index contributed by atoms with van der Waals surface area (Å²) in [6.45, 7) is -0.745. The van der Waals surface area contributed by atoms with Gasteiger partial charge in [0.1, 0.15) is 0 Å². The van der Waals surface area contributed by atoms with Crippen molar-refractivity contribution >= 4 is 18.7 Å². The van der Waals surface area contributed by atoms with Crippen LogP contribution in [0, 0.1) is 0 Å². The topological polar surface area (TPSA) is 18.5 Å². The number of fused-ring (bicyclic) bond motifs is 1. The van der Waals surface area contributed by atoms with Crippen molar-refractivity contribution in [1.29, 1.82) is 0 Å². The first-order valence-corrected chi connectivity index (χ1v) is 6.85. The Kier molecular flexibility index (Phi) is 7.51. The van der Waals surface area contributed by atoms with Gasteiger partial charge in [-0.15, -0.1) is 23.8 Å². The van der Waals surface area contributed by atoms with Gasteiger partial charge in [-0.1, -0.05) is 0 Å². The normalized spacial score (nSPS) is 14.2. The molecule has 0 saturated carbocycles. The summed E-state index contributed by atoms with van der Waals surface area (Å²) in [5, 5.41) is 0. The van der Waals surface area contributed by atoms with E-state index in [0.29, 0.717) is 29.6 Å². The number of hydrogen-bond donors (Lipinski definition) is 0. The van der Waals surface area contributed by atoms with Gasteiger partial charge in [-0.05, 0) is 24.0 Å². The second kappa shape index (κ2) is 8.14. The number of benzene rings is 1. The van der Waals surface area contributed by atoms with Crippen LogP contribution >= 0.6 is 11.8 Å². The minimum Gasteiger partial charge on any atom is -0.490 e. The molecule has 1 heterocycles. The van der Waals surface area contributed by atoms with Gasteiger partial charge in [-0.25, -0.2) is 0 Å². The van der Waals surface area contributed by atoms with Crippen molar-refractivity contribution in [3.05, 3.63) is 30.3 Å². The standard InChI is InChI=1S/C12H13BF3O2S.K/c1-9(13(14,15)16)8-19-10-3-4-11-12(7-10)18-6-2-5-17-11;/h3-4,7H,1-2,5-6,8H2;/q-1;+1. The van der Waals surface area contributed by atoms with E-state index in [0.717, 1.165) is 18.2 Å². The van der Waals surface area contributed by atoms with Gasteiger partial charge < -0.3 is 22.4 Å². The molecule has 1 aliphatic heterocycles. The van der Waals surface area contributed by atoms with Gasteiger partial charge in [0.25, 0.3) is 0 Å². The van der Waals surface area contributed by atoms with Crippen LogP contribution in [-0.2, 0) is 0 Å². The molecule has 0 aliphatic carbocycles. The number of hydrogen-bond acceptors (Lipinski definition) is 3. The number of rotatable bonds is 4. The van der Waals surface area contributed by atoms with E-state index in [-0.39, 0.29) is 57.1 Å². The Balaban J connectivity index is 0.00000200. The summed E-state index contributed by atoms with van der Waals surface area (Å²) in [7, 11) is 0. The smallest absolute Gasteiger partial charge is 0.490 e. The van der Waals surface area contributed by atoms with Crippen LogP contribution in [0.25, 0.3) is 0 Å². The van der Waals surface area contributed by atoms with E-state index in [1.54, 1.807) is 18.2 Å². The molecule has 0 unspecified atom stereocenters. The molecule has 0 radical (unpaired) electrons. The average molecular weight is 328 g/mol. The molecule has 1 aromatic rings. The Labute approximate surface area is 163 Å². The Hall–Kier alpha value is 0.401. The van der Waals surface area contributed by atoms with E-state index in [4.69, 9.17) is 9.47 Å². The zero-order valence-electron chi connectivity index (χ0n) is 11.2. The van der Waals surface area contributed by atoms with Crippen LogP contribution in [0.5, 0.6) is 11.5 Å². The predicted molar refractivity (Wildman–Crippen MR) is 71.0 cm³/mol. The molecule has 0 N–H and O–H groups in total. The first kappa shape index (κ1) is 18.5. The van der Waals surface area contributed by atoms with E-state index >= 15 is 0 Å². The quantitative estimate of drug-likeness (QED) is 0.604.